The van der Waals surface area contributed by atoms with E-state index < -0.39 is 0 Å². The molecular weight excluding hydrogens is 971 g/mol. The zero-order chi connectivity index (χ0) is 53.9. The molecule has 0 aliphatic rings. The van der Waals surface area contributed by atoms with Gasteiger partial charge in [0.05, 0.1) is 0 Å². The van der Waals surface area contributed by atoms with Crippen LogP contribution in [0.25, 0.3) is 56.7 Å². The Morgan fingerprint density at radius 3 is 0.775 bits per heavy atom. The van der Waals surface area contributed by atoms with Crippen molar-refractivity contribution in [1.29, 1.82) is 0 Å². The van der Waals surface area contributed by atoms with Crippen LogP contribution in [0.1, 0.15) is 66.4 Å². The van der Waals surface area contributed by atoms with Crippen LogP contribution in [0, 0.1) is 0 Å². The van der Waals surface area contributed by atoms with Gasteiger partial charge >= 0.3 is 0 Å². The second-order valence-electron chi connectivity index (χ2n) is 19.6. The minimum Gasteiger partial charge on any atom is -0.454 e. The molecule has 0 atom stereocenters. The van der Waals surface area contributed by atoms with Crippen molar-refractivity contribution >= 4 is 57.8 Å². The molecule has 0 aliphatic heterocycles. The van der Waals surface area contributed by atoms with Gasteiger partial charge in [0.1, 0.15) is 5.76 Å². The third-order valence-electron chi connectivity index (χ3n) is 14.5. The summed E-state index contributed by atoms with van der Waals surface area (Å²) in [5.41, 5.74) is 22.6. The van der Waals surface area contributed by atoms with Gasteiger partial charge < -0.3 is 9.32 Å². The first-order chi connectivity index (χ1) is 39.6. The normalized spacial score (nSPS) is 11.0. The lowest BCUT2D eigenvalue weighted by Crippen LogP contribution is -2.09. The molecule has 0 aliphatic carbocycles. The SMILES string of the molecule is O=Cc1ccc(/C=C/c2ccc(N(c3ccc(-c4ccc(C(=C(c5ccccc5)c5ccccc5)c5ccccc5)cc4)cc3)c3ccc(-c4ccc(C(=C(c5ccccc5)c5ccccc5)c5ccccc5)cc4)cc3)cc2)o1. The molecular formula is C77H55NO2. The molecule has 3 nitrogen and oxygen atoms in total. The summed E-state index contributed by atoms with van der Waals surface area (Å²) in [5.74, 6) is 0.926. The first-order valence-electron chi connectivity index (χ1n) is 27.0. The van der Waals surface area contributed by atoms with E-state index in [0.29, 0.717) is 11.5 Å². The van der Waals surface area contributed by atoms with Crippen LogP contribution in [0.3, 0.4) is 0 Å². The van der Waals surface area contributed by atoms with E-state index in [1.54, 1.807) is 12.1 Å². The highest BCUT2D eigenvalue weighted by atomic mass is 16.3. The third kappa shape index (κ3) is 11.1. The molecule has 0 fully saturated rings. The minimum absolute atomic E-state index is 0.304. The maximum atomic E-state index is 11.3. The summed E-state index contributed by atoms with van der Waals surface area (Å²) >= 11 is 0. The second kappa shape index (κ2) is 23.7. The number of nitrogens with zero attached hydrogens (tertiary/aromatic N) is 1. The number of anilines is 3. The summed E-state index contributed by atoms with van der Waals surface area (Å²) in [5, 5.41) is 0. The van der Waals surface area contributed by atoms with Crippen molar-refractivity contribution in [3.63, 3.8) is 0 Å². The van der Waals surface area contributed by atoms with Crippen LogP contribution in [0.15, 0.2) is 320 Å². The Morgan fingerprint density at radius 1 is 0.250 bits per heavy atom. The fraction of sp³-hybridized carbons (Fsp3) is 0. The summed E-state index contributed by atoms with van der Waals surface area (Å²) in [6.07, 6.45) is 4.59. The average molecular weight is 1030 g/mol. The van der Waals surface area contributed by atoms with Crippen molar-refractivity contribution in [1.82, 2.24) is 0 Å². The number of benzene rings is 11. The molecule has 3 heteroatoms. The average Bonchev–Trinajstić information content (AvgIpc) is 4.11. The van der Waals surface area contributed by atoms with Gasteiger partial charge in [0.25, 0.3) is 0 Å². The molecule has 380 valence electrons. The zero-order valence-electron chi connectivity index (χ0n) is 44.0. The summed E-state index contributed by atoms with van der Waals surface area (Å²) in [6, 6.07) is 112. The van der Waals surface area contributed by atoms with Crippen LogP contribution in [-0.2, 0) is 0 Å². The van der Waals surface area contributed by atoms with Gasteiger partial charge in [0.2, 0.25) is 0 Å². The lowest BCUT2D eigenvalue weighted by Gasteiger charge is -2.26. The molecule has 80 heavy (non-hydrogen) atoms. The van der Waals surface area contributed by atoms with Gasteiger partial charge in [-0.05, 0) is 149 Å². The number of aldehydes is 1. The summed E-state index contributed by atoms with van der Waals surface area (Å²) in [6.45, 7) is 0. The van der Waals surface area contributed by atoms with E-state index in [-0.39, 0.29) is 0 Å². The number of carbonyl (C=O) groups is 1. The number of rotatable bonds is 16. The highest BCUT2D eigenvalue weighted by Crippen LogP contribution is 2.41. The number of hydrogen-bond donors (Lipinski definition) is 0. The standard InChI is InChI=1S/C77H55NO2/c79-55-73-54-53-72(80-73)52-33-56-31-46-69(47-32-56)78(70-48-42-59(43-49-70)57-34-38-67(39-35-57)76(65-27-15-5-16-28-65)74(61-19-7-1-8-20-61)62-21-9-2-10-22-62)71-50-44-60(45-51-71)58-36-40-68(41-37-58)77(66-29-17-6-18-30-66)75(63-23-11-3-12-24-63)64-25-13-4-14-26-64/h1-55H/b52-33+. The molecule has 0 radical (unpaired) electrons. The van der Waals surface area contributed by atoms with Crippen LogP contribution in [0.5, 0.6) is 0 Å². The molecule has 0 bridgehead atoms. The van der Waals surface area contributed by atoms with E-state index in [1.165, 1.54) is 44.5 Å². The molecule has 1 heterocycles. The van der Waals surface area contributed by atoms with Crippen LogP contribution < -0.4 is 4.90 Å². The zero-order valence-corrected chi connectivity index (χ0v) is 44.0. The topological polar surface area (TPSA) is 33.5 Å². The first-order valence-corrected chi connectivity index (χ1v) is 27.0. The molecule has 0 saturated carbocycles. The van der Waals surface area contributed by atoms with Crippen LogP contribution >= 0.6 is 0 Å². The second-order valence-corrected chi connectivity index (χ2v) is 19.6. The summed E-state index contributed by atoms with van der Waals surface area (Å²) < 4.78 is 5.60. The third-order valence-corrected chi connectivity index (χ3v) is 14.5. The molecule has 0 saturated heterocycles. The number of furan rings is 1. The van der Waals surface area contributed by atoms with E-state index in [0.717, 1.165) is 73.4 Å². The lowest BCUT2D eigenvalue weighted by molar-refractivity contribution is 0.110. The van der Waals surface area contributed by atoms with E-state index in [1.807, 2.05) is 12.2 Å². The Morgan fingerprint density at radius 2 is 0.500 bits per heavy atom. The maximum Gasteiger partial charge on any atom is 0.185 e. The monoisotopic (exact) mass is 1030 g/mol. The Labute approximate surface area is 468 Å². The van der Waals surface area contributed by atoms with Gasteiger partial charge in [-0.2, -0.15) is 0 Å². The fourth-order valence-electron chi connectivity index (χ4n) is 10.6. The minimum atomic E-state index is 0.304. The van der Waals surface area contributed by atoms with E-state index in [9.17, 15) is 4.79 Å². The Kier molecular flexibility index (Phi) is 14.9. The van der Waals surface area contributed by atoms with Crippen molar-refractivity contribution in [2.75, 3.05) is 4.90 Å². The lowest BCUT2D eigenvalue weighted by atomic mass is 9.85. The molecule has 1 aromatic heterocycles. The predicted octanol–water partition coefficient (Wildman–Crippen LogP) is 20.1. The molecule has 11 aromatic carbocycles. The largest absolute Gasteiger partial charge is 0.454 e. The molecule has 12 rings (SSSR count). The quantitative estimate of drug-likeness (QED) is 0.0714. The Balaban J connectivity index is 0.879. The summed E-state index contributed by atoms with van der Waals surface area (Å²) in [4.78, 5) is 13.5. The smallest absolute Gasteiger partial charge is 0.185 e. The van der Waals surface area contributed by atoms with Gasteiger partial charge in [-0.1, -0.05) is 273 Å². The maximum absolute atomic E-state index is 11.3. The van der Waals surface area contributed by atoms with Crippen LogP contribution in [-0.4, -0.2) is 6.29 Å². The van der Waals surface area contributed by atoms with Gasteiger partial charge in [-0.25, -0.2) is 0 Å². The fourth-order valence-corrected chi connectivity index (χ4v) is 10.6. The van der Waals surface area contributed by atoms with Crippen LogP contribution in [0.4, 0.5) is 17.1 Å². The van der Waals surface area contributed by atoms with Crippen molar-refractivity contribution in [3.05, 3.63) is 377 Å². The van der Waals surface area contributed by atoms with Crippen molar-refractivity contribution in [3.8, 4) is 22.3 Å². The predicted molar refractivity (Wildman–Crippen MR) is 334 cm³/mol. The molecule has 0 amide bonds. The molecule has 0 spiro atoms. The van der Waals surface area contributed by atoms with Crippen molar-refractivity contribution in [2.45, 2.75) is 0 Å². The van der Waals surface area contributed by atoms with Gasteiger partial charge in [0, 0.05) is 17.1 Å². The highest BCUT2D eigenvalue weighted by Gasteiger charge is 2.19. The van der Waals surface area contributed by atoms with Gasteiger partial charge in [-0.15, -0.1) is 0 Å². The van der Waals surface area contributed by atoms with E-state index in [2.05, 4.69) is 308 Å². The number of hydrogen-bond acceptors (Lipinski definition) is 3. The summed E-state index contributed by atoms with van der Waals surface area (Å²) in [7, 11) is 0. The Bertz CT molecular complexity index is 3770. The van der Waals surface area contributed by atoms with E-state index in [4.69, 9.17) is 4.42 Å². The molecule has 12 aromatic rings. The van der Waals surface area contributed by atoms with Gasteiger partial charge in [0.15, 0.2) is 12.0 Å². The molecule has 0 N–H and O–H groups in total. The van der Waals surface area contributed by atoms with Crippen molar-refractivity contribution in [2.24, 2.45) is 0 Å². The van der Waals surface area contributed by atoms with Gasteiger partial charge in [-0.3, -0.25) is 4.79 Å². The molecule has 0 unspecified atom stereocenters. The first kappa shape index (κ1) is 50.2. The highest BCUT2D eigenvalue weighted by molar-refractivity contribution is 6.06. The Hall–Kier alpha value is -10.6. The van der Waals surface area contributed by atoms with Crippen LogP contribution in [0.2, 0.25) is 0 Å². The van der Waals surface area contributed by atoms with E-state index >= 15 is 0 Å². The van der Waals surface area contributed by atoms with Crippen molar-refractivity contribution < 1.29 is 9.21 Å². The number of carbonyl (C=O) groups excluding carboxylic acids is 1.